The first kappa shape index (κ1) is 33.6. The number of carbonyl (C=O) groups is 1. The molecule has 7 rings (SSSR count). The molecule has 258 valence electrons. The molecule has 5 aromatic rings. The Bertz CT molecular complexity index is 2200. The highest BCUT2D eigenvalue weighted by atomic mass is 35.5. The van der Waals surface area contributed by atoms with Crippen LogP contribution in [0.2, 0.25) is 5.02 Å². The van der Waals surface area contributed by atoms with Crippen LogP contribution in [0.4, 0.5) is 20.3 Å². The van der Waals surface area contributed by atoms with E-state index in [1.54, 1.807) is 13.2 Å². The Morgan fingerprint density at radius 3 is 2.50 bits per heavy atom. The monoisotopic (exact) mass is 700 g/mol. The number of aromatic nitrogens is 4. The number of likely N-dealkylation sites (tertiary alicyclic amines) is 1. The van der Waals surface area contributed by atoms with Crippen LogP contribution in [0.15, 0.2) is 59.5 Å². The van der Waals surface area contributed by atoms with Crippen molar-refractivity contribution >= 4 is 39.8 Å². The minimum Gasteiger partial charge on any atom is -0.481 e. The number of nitrogens with one attached hydrogen (secondary N) is 1. The molecule has 10 nitrogen and oxygen atoms in total. The molecule has 4 heterocycles. The molecule has 0 bridgehead atoms. The van der Waals surface area contributed by atoms with Gasteiger partial charge in [-0.2, -0.15) is 5.10 Å². The lowest BCUT2D eigenvalue weighted by Crippen LogP contribution is -2.38. The fourth-order valence-electron chi connectivity index (χ4n) is 7.30. The maximum atomic E-state index is 13.8. The van der Waals surface area contributed by atoms with Gasteiger partial charge in [0, 0.05) is 40.9 Å². The predicted molar refractivity (Wildman–Crippen MR) is 187 cm³/mol. The maximum Gasteiger partial charge on any atom is 0.306 e. The average Bonchev–Trinajstić information content (AvgIpc) is 3.54. The zero-order chi connectivity index (χ0) is 35.3. The quantitative estimate of drug-likeness (QED) is 0.170. The fraction of sp³-hybridized carbons (Fsp3) is 0.324. The van der Waals surface area contributed by atoms with E-state index in [0.717, 1.165) is 50.9 Å². The van der Waals surface area contributed by atoms with E-state index in [9.17, 15) is 23.5 Å². The van der Waals surface area contributed by atoms with Gasteiger partial charge in [-0.25, -0.2) is 23.4 Å². The third kappa shape index (κ3) is 5.96. The Hall–Kier alpha value is -4.94. The van der Waals surface area contributed by atoms with Crippen LogP contribution in [-0.2, 0) is 18.3 Å². The van der Waals surface area contributed by atoms with Crippen molar-refractivity contribution in [3.05, 3.63) is 92.5 Å². The van der Waals surface area contributed by atoms with Crippen molar-refractivity contribution in [3.8, 4) is 28.3 Å². The molecular weight excluding hydrogens is 666 g/mol. The summed E-state index contributed by atoms with van der Waals surface area (Å²) in [6.07, 6.45) is 1.51. The van der Waals surface area contributed by atoms with Crippen LogP contribution in [0, 0.1) is 12.8 Å². The van der Waals surface area contributed by atoms with E-state index in [1.807, 2.05) is 37.3 Å². The van der Waals surface area contributed by atoms with Gasteiger partial charge in [0.1, 0.15) is 11.5 Å². The van der Waals surface area contributed by atoms with E-state index >= 15 is 0 Å². The number of piperidine rings is 1. The van der Waals surface area contributed by atoms with Crippen LogP contribution in [0.25, 0.3) is 33.2 Å². The number of rotatable bonds is 8. The van der Waals surface area contributed by atoms with Crippen molar-refractivity contribution in [2.75, 3.05) is 25.5 Å². The van der Waals surface area contributed by atoms with Gasteiger partial charge in [-0.15, -0.1) is 0 Å². The lowest BCUT2D eigenvalue weighted by molar-refractivity contribution is -0.143. The summed E-state index contributed by atoms with van der Waals surface area (Å²) in [5, 5.41) is 17.5. The summed E-state index contributed by atoms with van der Waals surface area (Å²) in [4.78, 5) is 35.9. The number of anilines is 2. The van der Waals surface area contributed by atoms with Crippen LogP contribution in [0.3, 0.4) is 0 Å². The van der Waals surface area contributed by atoms with E-state index in [1.165, 1.54) is 19.3 Å². The molecular formula is C37H35ClF2N6O4. The Morgan fingerprint density at radius 2 is 1.78 bits per heavy atom. The molecule has 0 spiro atoms. The van der Waals surface area contributed by atoms with E-state index in [-0.39, 0.29) is 28.6 Å². The molecule has 1 aliphatic carbocycles. The van der Waals surface area contributed by atoms with Crippen molar-refractivity contribution in [1.29, 1.82) is 0 Å². The third-order valence-electron chi connectivity index (χ3n) is 9.97. The van der Waals surface area contributed by atoms with E-state index in [4.69, 9.17) is 21.3 Å². The zero-order valence-corrected chi connectivity index (χ0v) is 28.5. The second kappa shape index (κ2) is 13.4. The van der Waals surface area contributed by atoms with E-state index < -0.39 is 23.6 Å². The van der Waals surface area contributed by atoms with Gasteiger partial charge < -0.3 is 15.2 Å². The Morgan fingerprint density at radius 1 is 1.06 bits per heavy atom. The van der Waals surface area contributed by atoms with Crippen molar-refractivity contribution in [2.24, 2.45) is 13.0 Å². The highest BCUT2D eigenvalue weighted by Gasteiger charge is 2.36. The molecule has 2 aromatic carbocycles. The summed E-state index contributed by atoms with van der Waals surface area (Å²) < 4.78 is 34.6. The van der Waals surface area contributed by atoms with Crippen LogP contribution in [0.1, 0.15) is 54.1 Å². The summed E-state index contributed by atoms with van der Waals surface area (Å²) in [5.74, 6) is -0.479. The normalized spacial score (nSPS) is 16.6. The first-order valence-corrected chi connectivity index (χ1v) is 16.8. The second-order valence-electron chi connectivity index (χ2n) is 12.8. The topological polar surface area (TPSA) is 122 Å². The first-order chi connectivity index (χ1) is 24.0. The minimum absolute atomic E-state index is 0.0138. The Balaban J connectivity index is 1.23. The average molecular weight is 701 g/mol. The molecule has 1 fully saturated rings. The van der Waals surface area contributed by atoms with Crippen molar-refractivity contribution in [2.45, 2.75) is 45.1 Å². The molecule has 2 N–H and O–H groups in total. The number of alkyl halides is 2. The van der Waals surface area contributed by atoms with Gasteiger partial charge in [0.2, 0.25) is 5.88 Å². The number of hydrogen-bond acceptors (Lipinski definition) is 8. The second-order valence-corrected chi connectivity index (χ2v) is 13.2. The molecule has 50 heavy (non-hydrogen) atoms. The lowest BCUT2D eigenvalue weighted by atomic mass is 9.94. The van der Waals surface area contributed by atoms with Crippen molar-refractivity contribution in [3.63, 3.8) is 0 Å². The number of aliphatic carboxylic acids is 1. The zero-order valence-electron chi connectivity index (χ0n) is 27.7. The first-order valence-electron chi connectivity index (χ1n) is 16.4. The number of hydrogen-bond donors (Lipinski definition) is 2. The highest BCUT2D eigenvalue weighted by molar-refractivity contribution is 6.36. The molecule has 1 aliphatic heterocycles. The van der Waals surface area contributed by atoms with Gasteiger partial charge >= 0.3 is 5.97 Å². The number of aryl methyl sites for hydroxylation is 2. The van der Waals surface area contributed by atoms with Crippen LogP contribution in [-0.4, -0.2) is 55.9 Å². The summed E-state index contributed by atoms with van der Waals surface area (Å²) in [5.41, 5.74) is 5.52. The van der Waals surface area contributed by atoms with Gasteiger partial charge in [0.05, 0.1) is 35.3 Å². The number of nitrogens with zero attached hydrogens (tertiary/aromatic N) is 5. The summed E-state index contributed by atoms with van der Waals surface area (Å²) in [7, 11) is 3.10. The number of methoxy groups -OCH3 is 1. The van der Waals surface area contributed by atoms with Crippen LogP contribution < -0.4 is 15.6 Å². The molecule has 1 unspecified atom stereocenters. The molecule has 3 aromatic heterocycles. The number of pyridine rings is 2. The summed E-state index contributed by atoms with van der Waals surface area (Å²) in [6.45, 7) is 3.31. The predicted octanol–water partition coefficient (Wildman–Crippen LogP) is 7.49. The number of carboxylic acid groups (broad SMARTS) is 1. The molecule has 2 aliphatic rings. The number of carboxylic acids is 1. The van der Waals surface area contributed by atoms with Gasteiger partial charge in [-0.05, 0) is 80.6 Å². The summed E-state index contributed by atoms with van der Waals surface area (Å²) in [6, 6.07) is 14.6. The molecule has 1 saturated heterocycles. The maximum absolute atomic E-state index is 13.8. The molecule has 13 heteroatoms. The number of benzene rings is 2. The smallest absolute Gasteiger partial charge is 0.306 e. The minimum atomic E-state index is -2.84. The number of ether oxygens (including phenoxy) is 1. The van der Waals surface area contributed by atoms with E-state index in [0.29, 0.717) is 48.2 Å². The number of halogens is 3. The van der Waals surface area contributed by atoms with Crippen molar-refractivity contribution < 1.29 is 23.4 Å². The standard InChI is InChI=1S/C37H35ClF2N6O4/c1-19-23(6-5-9-26(19)42-34-31-22(17-28(43-34)33(39)40)18-41-45(2)36(31)47)24-7-4-8-25(32(24)38)27-16-21-10-11-29(30(21)35(44-27)50-3)46-14-12-20(13-15-46)37(48)49/h4-9,16-18,20,29,33H,10-15H2,1-3H3,(H,42,43)(H,48,49). The highest BCUT2D eigenvalue weighted by Crippen LogP contribution is 2.45. The molecule has 0 saturated carbocycles. The van der Waals surface area contributed by atoms with Crippen LogP contribution in [0.5, 0.6) is 5.88 Å². The third-order valence-corrected chi connectivity index (χ3v) is 10.4. The fourth-order valence-corrected chi connectivity index (χ4v) is 7.63. The Labute approximate surface area is 291 Å². The number of fused-ring (bicyclic) bond motifs is 2. The summed E-state index contributed by atoms with van der Waals surface area (Å²) >= 11 is 7.17. The van der Waals surface area contributed by atoms with Gasteiger partial charge in [-0.3, -0.25) is 14.5 Å². The molecule has 0 amide bonds. The van der Waals surface area contributed by atoms with Crippen LogP contribution >= 0.6 is 11.6 Å². The van der Waals surface area contributed by atoms with Gasteiger partial charge in [0.15, 0.2) is 0 Å². The molecule has 1 atom stereocenters. The largest absolute Gasteiger partial charge is 0.481 e. The SMILES string of the molecule is COc1nc(-c2cccc(-c3cccc(Nc4nc(C(F)F)cc5cnn(C)c(=O)c45)c3C)c2Cl)cc2c1C(N1CCC(C(=O)O)CC1)CC2. The van der Waals surface area contributed by atoms with Gasteiger partial charge in [-0.1, -0.05) is 41.9 Å². The Kier molecular flexibility index (Phi) is 9.00. The van der Waals surface area contributed by atoms with Gasteiger partial charge in [0.25, 0.3) is 12.0 Å². The molecule has 0 radical (unpaired) electrons. The lowest BCUT2D eigenvalue weighted by Gasteiger charge is -2.35. The van der Waals surface area contributed by atoms with E-state index in [2.05, 4.69) is 26.4 Å². The van der Waals surface area contributed by atoms with Crippen molar-refractivity contribution in [1.82, 2.24) is 24.6 Å².